The average Bonchev–Trinajstić information content (AvgIpc) is 3.34. The smallest absolute Gasteiger partial charge is 0.319 e. The minimum Gasteiger partial charge on any atom is -0.461 e. The van der Waals surface area contributed by atoms with E-state index in [4.69, 9.17) is 9.72 Å². The molecule has 8 heteroatoms. The molecule has 1 aromatic heterocycles. The number of halogens is 2. The second-order valence-electron chi connectivity index (χ2n) is 9.17. The summed E-state index contributed by atoms with van der Waals surface area (Å²) in [7, 11) is 0. The highest BCUT2D eigenvalue weighted by atomic mass is 19.1. The van der Waals surface area contributed by atoms with Crippen molar-refractivity contribution in [3.05, 3.63) is 23.3 Å². The highest BCUT2D eigenvalue weighted by Gasteiger charge is 2.45. The van der Waals surface area contributed by atoms with Crippen molar-refractivity contribution in [3.63, 3.8) is 0 Å². The third-order valence-corrected chi connectivity index (χ3v) is 7.57. The largest absolute Gasteiger partial charge is 0.461 e. The van der Waals surface area contributed by atoms with E-state index < -0.39 is 11.6 Å². The van der Waals surface area contributed by atoms with E-state index in [9.17, 15) is 8.78 Å². The van der Waals surface area contributed by atoms with Gasteiger partial charge in [0.15, 0.2) is 5.82 Å². The first-order valence-corrected chi connectivity index (χ1v) is 12.2. The summed E-state index contributed by atoms with van der Waals surface area (Å²) >= 11 is 0. The number of rotatable bonds is 3. The second kappa shape index (κ2) is 8.71. The molecule has 0 radical (unpaired) electrons. The van der Waals surface area contributed by atoms with Crippen LogP contribution in [-0.4, -0.2) is 65.8 Å². The van der Waals surface area contributed by atoms with E-state index in [0.717, 1.165) is 58.1 Å². The van der Waals surface area contributed by atoms with Crippen molar-refractivity contribution in [1.82, 2.24) is 20.2 Å². The van der Waals surface area contributed by atoms with Crippen LogP contribution in [0.3, 0.4) is 0 Å². The summed E-state index contributed by atoms with van der Waals surface area (Å²) in [5.41, 5.74) is 0.771. The highest BCUT2D eigenvalue weighted by Crippen LogP contribution is 2.40. The zero-order valence-corrected chi connectivity index (χ0v) is 19.1. The third kappa shape index (κ3) is 3.52. The summed E-state index contributed by atoms with van der Waals surface area (Å²) in [5, 5.41) is 3.93. The monoisotopic (exact) mass is 445 g/mol. The van der Waals surface area contributed by atoms with Gasteiger partial charge in [0.05, 0.1) is 10.9 Å². The van der Waals surface area contributed by atoms with E-state index in [0.29, 0.717) is 29.8 Å². The summed E-state index contributed by atoms with van der Waals surface area (Å²) in [6.45, 7) is 9.16. The molecule has 4 aliphatic heterocycles. The molecule has 3 fully saturated rings. The highest BCUT2D eigenvalue weighted by molar-refractivity contribution is 5.94. The lowest BCUT2D eigenvalue weighted by atomic mass is 9.95. The molecular formula is C24H33F2N5O. The van der Waals surface area contributed by atoms with Crippen molar-refractivity contribution >= 4 is 16.7 Å². The molecule has 1 atom stereocenters. The predicted molar refractivity (Wildman–Crippen MR) is 121 cm³/mol. The van der Waals surface area contributed by atoms with Gasteiger partial charge in [-0.05, 0) is 51.6 Å². The molecule has 2 aromatic rings. The molecule has 0 aliphatic carbocycles. The molecule has 174 valence electrons. The SMILES string of the molecule is CC.Fc1cc(F)c2nc(OCC34CCCN3CCC4)nc3c2c1CCC1CNCCN31. The standard InChI is InChI=1S/C22H27F2N5O.C2H6/c23-16-11-17(24)19-18-15(16)4-3-14-12-25-7-10-29(14)20(18)27-21(26-19)30-13-22-5-1-8-28(22)9-2-6-22;1-2/h11,14,25H,1-10,12-13H2;1-2H3. The normalized spacial score (nSPS) is 23.9. The zero-order chi connectivity index (χ0) is 22.3. The first kappa shape index (κ1) is 21.8. The number of benzene rings is 1. The van der Waals surface area contributed by atoms with Crippen molar-refractivity contribution < 1.29 is 13.5 Å². The molecule has 6 nitrogen and oxygen atoms in total. The van der Waals surface area contributed by atoms with E-state index in [-0.39, 0.29) is 23.1 Å². The molecule has 0 amide bonds. The van der Waals surface area contributed by atoms with Gasteiger partial charge in [-0.2, -0.15) is 9.97 Å². The maximum atomic E-state index is 14.8. The van der Waals surface area contributed by atoms with Crippen LogP contribution in [0.15, 0.2) is 6.07 Å². The lowest BCUT2D eigenvalue weighted by molar-refractivity contribution is 0.108. The lowest BCUT2D eigenvalue weighted by Crippen LogP contribution is -2.51. The number of hydrogen-bond acceptors (Lipinski definition) is 6. The van der Waals surface area contributed by atoms with Gasteiger partial charge in [0.1, 0.15) is 23.8 Å². The Balaban J connectivity index is 0.00000105. The zero-order valence-electron chi connectivity index (χ0n) is 19.1. The Bertz CT molecular complexity index is 990. The summed E-state index contributed by atoms with van der Waals surface area (Å²) in [4.78, 5) is 13.9. The molecule has 1 unspecified atom stereocenters. The van der Waals surface area contributed by atoms with Crippen molar-refractivity contribution in [3.8, 4) is 6.01 Å². The molecule has 0 saturated carbocycles. The summed E-state index contributed by atoms with van der Waals surface area (Å²) < 4.78 is 35.7. The van der Waals surface area contributed by atoms with Crippen LogP contribution in [0.2, 0.25) is 0 Å². The Morgan fingerprint density at radius 1 is 1.12 bits per heavy atom. The summed E-state index contributed by atoms with van der Waals surface area (Å²) in [6.07, 6.45) is 5.98. The molecule has 5 heterocycles. The van der Waals surface area contributed by atoms with Gasteiger partial charge < -0.3 is 15.0 Å². The molecule has 6 rings (SSSR count). The van der Waals surface area contributed by atoms with Gasteiger partial charge in [-0.3, -0.25) is 4.90 Å². The van der Waals surface area contributed by atoms with E-state index in [1.54, 1.807) is 0 Å². The maximum Gasteiger partial charge on any atom is 0.319 e. The van der Waals surface area contributed by atoms with Crippen LogP contribution in [0.4, 0.5) is 14.6 Å². The molecule has 0 bridgehead atoms. The third-order valence-electron chi connectivity index (χ3n) is 7.57. The Labute approximate surface area is 188 Å². The van der Waals surface area contributed by atoms with Gasteiger partial charge in [0.25, 0.3) is 0 Å². The minimum absolute atomic E-state index is 0.0660. The lowest BCUT2D eigenvalue weighted by Gasteiger charge is -2.36. The van der Waals surface area contributed by atoms with E-state index in [1.807, 2.05) is 13.8 Å². The van der Waals surface area contributed by atoms with Crippen LogP contribution in [0, 0.1) is 11.6 Å². The van der Waals surface area contributed by atoms with Gasteiger partial charge in [-0.1, -0.05) is 13.8 Å². The van der Waals surface area contributed by atoms with Crippen molar-refractivity contribution in [2.45, 2.75) is 64.0 Å². The summed E-state index contributed by atoms with van der Waals surface area (Å²) in [6, 6.07) is 1.38. The van der Waals surface area contributed by atoms with E-state index in [2.05, 4.69) is 20.1 Å². The first-order chi connectivity index (χ1) is 15.6. The number of ether oxygens (including phenoxy) is 1. The van der Waals surface area contributed by atoms with Gasteiger partial charge in [0.2, 0.25) is 0 Å². The van der Waals surface area contributed by atoms with Gasteiger partial charge in [0, 0.05) is 37.3 Å². The Kier molecular flexibility index (Phi) is 5.92. The second-order valence-corrected chi connectivity index (χ2v) is 9.17. The van der Waals surface area contributed by atoms with E-state index in [1.165, 1.54) is 12.8 Å². The fourth-order valence-electron chi connectivity index (χ4n) is 6.05. The van der Waals surface area contributed by atoms with Crippen LogP contribution in [0.5, 0.6) is 6.01 Å². The number of nitrogens with one attached hydrogen (secondary N) is 1. The van der Waals surface area contributed by atoms with Crippen molar-refractivity contribution in [2.75, 3.05) is 44.2 Å². The van der Waals surface area contributed by atoms with Crippen LogP contribution >= 0.6 is 0 Å². The fourth-order valence-corrected chi connectivity index (χ4v) is 6.05. The molecule has 32 heavy (non-hydrogen) atoms. The van der Waals surface area contributed by atoms with Crippen LogP contribution in [-0.2, 0) is 6.42 Å². The molecular weight excluding hydrogens is 412 g/mol. The number of hydrogen-bond donors (Lipinski definition) is 1. The molecule has 3 saturated heterocycles. The first-order valence-electron chi connectivity index (χ1n) is 12.2. The molecule has 0 spiro atoms. The Morgan fingerprint density at radius 2 is 1.91 bits per heavy atom. The number of anilines is 1. The Morgan fingerprint density at radius 3 is 2.69 bits per heavy atom. The maximum absolute atomic E-state index is 14.8. The molecule has 1 N–H and O–H groups in total. The summed E-state index contributed by atoms with van der Waals surface area (Å²) in [5.74, 6) is -0.521. The fraction of sp³-hybridized carbons (Fsp3) is 0.667. The predicted octanol–water partition coefficient (Wildman–Crippen LogP) is 3.67. The number of aromatic nitrogens is 2. The number of fused-ring (bicyclic) bond motifs is 3. The van der Waals surface area contributed by atoms with Crippen LogP contribution in [0.25, 0.3) is 10.9 Å². The number of aryl methyl sites for hydroxylation is 1. The van der Waals surface area contributed by atoms with Crippen molar-refractivity contribution in [1.29, 1.82) is 0 Å². The Hall–Kier alpha value is -2.06. The minimum atomic E-state index is -0.644. The molecule has 4 aliphatic rings. The van der Waals surface area contributed by atoms with Gasteiger partial charge in [-0.25, -0.2) is 8.78 Å². The van der Waals surface area contributed by atoms with Gasteiger partial charge in [-0.15, -0.1) is 0 Å². The topological polar surface area (TPSA) is 53.5 Å². The average molecular weight is 446 g/mol. The molecule has 1 aromatic carbocycles. The van der Waals surface area contributed by atoms with E-state index >= 15 is 0 Å². The number of piperazine rings is 1. The van der Waals surface area contributed by atoms with Crippen LogP contribution < -0.4 is 15.0 Å². The van der Waals surface area contributed by atoms with Crippen molar-refractivity contribution in [2.24, 2.45) is 0 Å². The van der Waals surface area contributed by atoms with Crippen LogP contribution in [0.1, 0.15) is 51.5 Å². The number of nitrogens with zero attached hydrogens (tertiary/aromatic N) is 4. The van der Waals surface area contributed by atoms with Gasteiger partial charge >= 0.3 is 6.01 Å². The quantitative estimate of drug-likeness (QED) is 0.778.